The maximum Gasteiger partial charge on any atom is 0.0308 e. The van der Waals surface area contributed by atoms with Gasteiger partial charge in [0.05, 0.1) is 0 Å². The van der Waals surface area contributed by atoms with Gasteiger partial charge in [0.25, 0.3) is 0 Å². The Morgan fingerprint density at radius 3 is 2.60 bits per heavy atom. The van der Waals surface area contributed by atoms with E-state index in [4.69, 9.17) is 0 Å². The van der Waals surface area contributed by atoms with Crippen LogP contribution in [0.15, 0.2) is 0 Å². The van der Waals surface area contributed by atoms with E-state index in [-0.39, 0.29) is 5.54 Å². The van der Waals surface area contributed by atoms with Gasteiger partial charge in [-0.1, -0.05) is 0 Å². The number of nitrogens with zero attached hydrogens (tertiary/aromatic N) is 1. The van der Waals surface area contributed by atoms with Gasteiger partial charge in [-0.2, -0.15) is 0 Å². The highest BCUT2D eigenvalue weighted by Gasteiger charge is 2.24. The van der Waals surface area contributed by atoms with E-state index >= 15 is 0 Å². The van der Waals surface area contributed by atoms with Crippen LogP contribution in [0.3, 0.4) is 0 Å². The van der Waals surface area contributed by atoms with Crippen molar-refractivity contribution in [1.82, 2.24) is 15.8 Å². The molecule has 1 fully saturated rings. The van der Waals surface area contributed by atoms with Crippen LogP contribution in [0.1, 0.15) is 13.8 Å². The van der Waals surface area contributed by atoms with Gasteiger partial charge in [0, 0.05) is 25.2 Å². The molecule has 0 spiro atoms. The first-order valence-electron chi connectivity index (χ1n) is 3.81. The summed E-state index contributed by atoms with van der Waals surface area (Å²) in [5, 5.41) is 5.67. The zero-order valence-corrected chi connectivity index (χ0v) is 7.07. The van der Waals surface area contributed by atoms with Gasteiger partial charge in [0.2, 0.25) is 0 Å². The van der Waals surface area contributed by atoms with Crippen LogP contribution in [0, 0.1) is 0 Å². The van der Waals surface area contributed by atoms with Crippen LogP contribution >= 0.6 is 0 Å². The molecule has 1 heterocycles. The first-order valence-corrected chi connectivity index (χ1v) is 3.81. The van der Waals surface area contributed by atoms with Crippen LogP contribution in [0.5, 0.6) is 0 Å². The highest BCUT2D eigenvalue weighted by Crippen LogP contribution is 2.06. The minimum absolute atomic E-state index is 0.265. The third-order valence-electron chi connectivity index (χ3n) is 1.89. The predicted molar refractivity (Wildman–Crippen MR) is 42.7 cm³/mol. The van der Waals surface area contributed by atoms with Gasteiger partial charge < -0.3 is 5.32 Å². The van der Waals surface area contributed by atoms with E-state index in [1.807, 2.05) is 7.05 Å². The number of hydrogen-bond acceptors (Lipinski definition) is 3. The minimum atomic E-state index is 0.265. The molecule has 1 saturated heterocycles. The molecule has 1 aliphatic heterocycles. The van der Waals surface area contributed by atoms with E-state index in [2.05, 4.69) is 29.6 Å². The van der Waals surface area contributed by atoms with Crippen LogP contribution in [0.25, 0.3) is 0 Å². The number of rotatable bonds is 1. The quantitative estimate of drug-likeness (QED) is 0.532. The Bertz CT molecular complexity index is 111. The van der Waals surface area contributed by atoms with E-state index in [1.165, 1.54) is 0 Å². The normalized spacial score (nSPS) is 26.7. The third-order valence-corrected chi connectivity index (χ3v) is 1.89. The lowest BCUT2D eigenvalue weighted by Gasteiger charge is -2.38. The summed E-state index contributed by atoms with van der Waals surface area (Å²) in [7, 11) is 1.97. The van der Waals surface area contributed by atoms with Crippen molar-refractivity contribution in [2.45, 2.75) is 19.4 Å². The lowest BCUT2D eigenvalue weighted by Crippen LogP contribution is -2.59. The molecule has 0 bridgehead atoms. The van der Waals surface area contributed by atoms with Crippen LogP contribution in [-0.2, 0) is 0 Å². The molecule has 1 rings (SSSR count). The highest BCUT2D eigenvalue weighted by atomic mass is 15.5. The predicted octanol–water partition coefficient (Wildman–Crippen LogP) is -0.195. The van der Waals surface area contributed by atoms with Crippen molar-refractivity contribution in [2.75, 3.05) is 26.7 Å². The lowest BCUT2D eigenvalue weighted by molar-refractivity contribution is 0.113. The molecule has 10 heavy (non-hydrogen) atoms. The summed E-state index contributed by atoms with van der Waals surface area (Å²) in [6.07, 6.45) is 0. The average Bonchev–Trinajstić information content (AvgIpc) is 1.86. The number of nitrogens with one attached hydrogen (secondary N) is 2. The van der Waals surface area contributed by atoms with Gasteiger partial charge >= 0.3 is 0 Å². The molecule has 0 aromatic carbocycles. The van der Waals surface area contributed by atoms with Crippen LogP contribution in [0.4, 0.5) is 0 Å². The zero-order chi connectivity index (χ0) is 7.61. The molecule has 0 aromatic heterocycles. The van der Waals surface area contributed by atoms with E-state index < -0.39 is 0 Å². The smallest absolute Gasteiger partial charge is 0.0308 e. The maximum atomic E-state index is 3.44. The van der Waals surface area contributed by atoms with E-state index in [9.17, 15) is 0 Å². The van der Waals surface area contributed by atoms with Gasteiger partial charge in [0.1, 0.15) is 0 Å². The fraction of sp³-hybridized carbons (Fsp3) is 1.00. The summed E-state index contributed by atoms with van der Waals surface area (Å²) in [4.78, 5) is 0. The summed E-state index contributed by atoms with van der Waals surface area (Å²) in [6, 6.07) is 0. The Morgan fingerprint density at radius 1 is 1.50 bits per heavy atom. The van der Waals surface area contributed by atoms with Gasteiger partial charge in [-0.05, 0) is 20.9 Å². The molecule has 0 radical (unpaired) electrons. The second-order valence-electron chi connectivity index (χ2n) is 3.46. The second kappa shape index (κ2) is 2.86. The first-order chi connectivity index (χ1) is 4.64. The molecule has 3 nitrogen and oxygen atoms in total. The summed E-state index contributed by atoms with van der Waals surface area (Å²) in [5.41, 5.74) is 3.42. The van der Waals surface area contributed by atoms with E-state index in [0.29, 0.717) is 0 Å². The molecular formula is C7H17N3. The van der Waals surface area contributed by atoms with Crippen molar-refractivity contribution in [3.63, 3.8) is 0 Å². The van der Waals surface area contributed by atoms with Crippen LogP contribution in [0.2, 0.25) is 0 Å². The van der Waals surface area contributed by atoms with Gasteiger partial charge in [0.15, 0.2) is 0 Å². The Morgan fingerprint density at radius 2 is 2.20 bits per heavy atom. The summed E-state index contributed by atoms with van der Waals surface area (Å²) in [5.74, 6) is 0. The van der Waals surface area contributed by atoms with Gasteiger partial charge in [-0.25, -0.2) is 5.01 Å². The molecule has 1 aliphatic rings. The topological polar surface area (TPSA) is 27.3 Å². The molecule has 0 unspecified atom stereocenters. The molecule has 0 aliphatic carbocycles. The SMILES string of the molecule is CNN1CCNC(C)(C)C1. The fourth-order valence-electron chi connectivity index (χ4n) is 1.33. The molecule has 3 heteroatoms. The van der Waals surface area contributed by atoms with Gasteiger partial charge in [-0.15, -0.1) is 0 Å². The van der Waals surface area contributed by atoms with Crippen molar-refractivity contribution in [3.05, 3.63) is 0 Å². The zero-order valence-electron chi connectivity index (χ0n) is 7.07. The molecule has 2 N–H and O–H groups in total. The monoisotopic (exact) mass is 143 g/mol. The van der Waals surface area contributed by atoms with Gasteiger partial charge in [-0.3, -0.25) is 5.43 Å². The van der Waals surface area contributed by atoms with E-state index in [0.717, 1.165) is 19.6 Å². The Kier molecular flexibility index (Phi) is 2.28. The highest BCUT2D eigenvalue weighted by molar-refractivity contribution is 4.84. The number of piperazine rings is 1. The number of hydrogen-bond donors (Lipinski definition) is 2. The lowest BCUT2D eigenvalue weighted by atomic mass is 10.0. The van der Waals surface area contributed by atoms with Crippen molar-refractivity contribution >= 4 is 0 Å². The molecule has 0 aromatic rings. The Labute approximate surface area is 62.8 Å². The standard InChI is InChI=1S/C7H17N3/c1-7(2)6-10(8-3)5-4-9-7/h8-9H,4-6H2,1-3H3. The molecule has 60 valence electrons. The third kappa shape index (κ3) is 1.94. The maximum absolute atomic E-state index is 3.44. The van der Waals surface area contributed by atoms with Crippen molar-refractivity contribution in [3.8, 4) is 0 Å². The second-order valence-corrected chi connectivity index (χ2v) is 3.46. The summed E-state index contributed by atoms with van der Waals surface area (Å²) >= 11 is 0. The molecule has 0 saturated carbocycles. The molecular weight excluding hydrogens is 126 g/mol. The van der Waals surface area contributed by atoms with Crippen LogP contribution < -0.4 is 10.7 Å². The average molecular weight is 143 g/mol. The van der Waals surface area contributed by atoms with Crippen molar-refractivity contribution < 1.29 is 0 Å². The molecule has 0 amide bonds. The first kappa shape index (κ1) is 7.98. The van der Waals surface area contributed by atoms with Crippen molar-refractivity contribution in [2.24, 2.45) is 0 Å². The Balaban J connectivity index is 2.40. The largest absolute Gasteiger partial charge is 0.309 e. The Hall–Kier alpha value is -0.120. The van der Waals surface area contributed by atoms with Crippen LogP contribution in [-0.4, -0.2) is 37.2 Å². The fourth-order valence-corrected chi connectivity index (χ4v) is 1.33. The minimum Gasteiger partial charge on any atom is -0.309 e. The van der Waals surface area contributed by atoms with E-state index in [1.54, 1.807) is 0 Å². The summed E-state index contributed by atoms with van der Waals surface area (Å²) < 4.78 is 0. The summed E-state index contributed by atoms with van der Waals surface area (Å²) in [6.45, 7) is 7.68. The molecule has 0 atom stereocenters. The van der Waals surface area contributed by atoms with Crippen molar-refractivity contribution in [1.29, 1.82) is 0 Å². The number of hydrazine groups is 1.